The van der Waals surface area contributed by atoms with Crippen molar-refractivity contribution < 1.29 is 24.2 Å². The highest BCUT2D eigenvalue weighted by atomic mass is 16.5. The first-order valence-corrected chi connectivity index (χ1v) is 7.98. The molecule has 24 heavy (non-hydrogen) atoms. The van der Waals surface area contributed by atoms with Gasteiger partial charge in [0.25, 0.3) is 5.91 Å². The van der Waals surface area contributed by atoms with Crippen LogP contribution in [0.5, 0.6) is 5.75 Å². The van der Waals surface area contributed by atoms with Crippen molar-refractivity contribution in [3.63, 3.8) is 0 Å². The molecule has 0 saturated carbocycles. The summed E-state index contributed by atoms with van der Waals surface area (Å²) in [5.41, 5.74) is 0.382. The van der Waals surface area contributed by atoms with E-state index in [9.17, 15) is 14.4 Å². The lowest BCUT2D eigenvalue weighted by atomic mass is 10.2. The van der Waals surface area contributed by atoms with Crippen molar-refractivity contribution in [2.24, 2.45) is 0 Å². The van der Waals surface area contributed by atoms with Gasteiger partial charge in [-0.1, -0.05) is 6.07 Å². The number of rotatable bonds is 10. The predicted octanol–water partition coefficient (Wildman–Crippen LogP) is 1.53. The summed E-state index contributed by atoms with van der Waals surface area (Å²) in [7, 11) is 0. The lowest BCUT2D eigenvalue weighted by Crippen LogP contribution is -2.31. The normalized spacial score (nSPS) is 10.1. The van der Waals surface area contributed by atoms with E-state index in [1.165, 1.54) is 6.07 Å². The molecule has 132 valence electrons. The van der Waals surface area contributed by atoms with Gasteiger partial charge in [-0.2, -0.15) is 0 Å². The summed E-state index contributed by atoms with van der Waals surface area (Å²) in [6, 6.07) is 6.31. The highest BCUT2D eigenvalue weighted by Gasteiger charge is 2.10. The Morgan fingerprint density at radius 1 is 1.21 bits per heavy atom. The maximum atomic E-state index is 12.0. The number of nitrogens with zero attached hydrogens (tertiary/aromatic N) is 1. The van der Waals surface area contributed by atoms with E-state index in [0.717, 1.165) is 0 Å². The number of amides is 2. The van der Waals surface area contributed by atoms with Crippen LogP contribution in [-0.4, -0.2) is 54.0 Å². The molecular weight excluding hydrogens is 312 g/mol. The second-order valence-electron chi connectivity index (χ2n) is 5.14. The van der Waals surface area contributed by atoms with Crippen molar-refractivity contribution in [1.29, 1.82) is 0 Å². The van der Waals surface area contributed by atoms with Crippen molar-refractivity contribution in [2.45, 2.75) is 26.7 Å². The van der Waals surface area contributed by atoms with Crippen LogP contribution in [0, 0.1) is 0 Å². The van der Waals surface area contributed by atoms with E-state index in [4.69, 9.17) is 9.84 Å². The first-order valence-electron chi connectivity index (χ1n) is 7.98. The summed E-state index contributed by atoms with van der Waals surface area (Å²) in [4.78, 5) is 36.1. The lowest BCUT2D eigenvalue weighted by Gasteiger charge is -2.18. The fourth-order valence-corrected chi connectivity index (χ4v) is 2.15. The molecule has 0 aliphatic heterocycles. The molecule has 0 bridgehead atoms. The Bertz CT molecular complexity index is 570. The van der Waals surface area contributed by atoms with Gasteiger partial charge < -0.3 is 20.1 Å². The quantitative estimate of drug-likeness (QED) is 0.632. The SMILES string of the molecule is CCN(CC)C(=O)CCCNC(=O)c1cccc(OCC(=O)O)c1. The van der Waals surface area contributed by atoms with Crippen LogP contribution in [0.4, 0.5) is 0 Å². The van der Waals surface area contributed by atoms with Gasteiger partial charge in [-0.15, -0.1) is 0 Å². The molecular formula is C17H24N2O5. The van der Waals surface area contributed by atoms with Gasteiger partial charge in [0.15, 0.2) is 6.61 Å². The maximum absolute atomic E-state index is 12.0. The van der Waals surface area contributed by atoms with Crippen LogP contribution in [0.15, 0.2) is 24.3 Å². The van der Waals surface area contributed by atoms with Crippen LogP contribution >= 0.6 is 0 Å². The average Bonchev–Trinajstić information content (AvgIpc) is 2.58. The number of nitrogens with one attached hydrogen (secondary N) is 1. The third kappa shape index (κ3) is 6.68. The van der Waals surface area contributed by atoms with Gasteiger partial charge in [0, 0.05) is 31.6 Å². The summed E-state index contributed by atoms with van der Waals surface area (Å²) in [5.74, 6) is -0.964. The first-order chi connectivity index (χ1) is 11.5. The first kappa shape index (κ1) is 19.5. The number of carbonyl (C=O) groups excluding carboxylic acids is 2. The maximum Gasteiger partial charge on any atom is 0.341 e. The summed E-state index contributed by atoms with van der Waals surface area (Å²) >= 11 is 0. The van der Waals surface area contributed by atoms with Crippen LogP contribution in [0.3, 0.4) is 0 Å². The molecule has 1 aromatic carbocycles. The molecule has 0 spiro atoms. The molecule has 0 heterocycles. The van der Waals surface area contributed by atoms with E-state index in [-0.39, 0.29) is 11.8 Å². The molecule has 7 heteroatoms. The predicted molar refractivity (Wildman–Crippen MR) is 89.1 cm³/mol. The van der Waals surface area contributed by atoms with Gasteiger partial charge in [0.2, 0.25) is 5.91 Å². The third-order valence-corrected chi connectivity index (χ3v) is 3.43. The van der Waals surface area contributed by atoms with Crippen LogP contribution < -0.4 is 10.1 Å². The molecule has 7 nitrogen and oxygen atoms in total. The molecule has 0 unspecified atom stereocenters. The monoisotopic (exact) mass is 336 g/mol. The fourth-order valence-electron chi connectivity index (χ4n) is 2.15. The van der Waals surface area contributed by atoms with Crippen LogP contribution in [0.1, 0.15) is 37.0 Å². The standard InChI is InChI=1S/C17H24N2O5/c1-3-19(4-2)15(20)9-6-10-18-17(23)13-7-5-8-14(11-13)24-12-16(21)22/h5,7-8,11H,3-4,6,9-10,12H2,1-2H3,(H,18,23)(H,21,22). The lowest BCUT2D eigenvalue weighted by molar-refractivity contribution is -0.139. The second-order valence-corrected chi connectivity index (χ2v) is 5.14. The zero-order valence-electron chi connectivity index (χ0n) is 14.1. The molecule has 1 aromatic rings. The zero-order chi connectivity index (χ0) is 17.9. The summed E-state index contributed by atoms with van der Waals surface area (Å²) in [5, 5.41) is 11.3. The fraction of sp³-hybridized carbons (Fsp3) is 0.471. The zero-order valence-corrected chi connectivity index (χ0v) is 14.1. The van der Waals surface area contributed by atoms with E-state index in [1.807, 2.05) is 13.8 Å². The summed E-state index contributed by atoms with van der Waals surface area (Å²) in [6.45, 7) is 5.17. The highest BCUT2D eigenvalue weighted by Crippen LogP contribution is 2.13. The number of ether oxygens (including phenoxy) is 1. The smallest absolute Gasteiger partial charge is 0.341 e. The molecule has 2 N–H and O–H groups in total. The van der Waals surface area contributed by atoms with Gasteiger partial charge in [-0.3, -0.25) is 9.59 Å². The third-order valence-electron chi connectivity index (χ3n) is 3.43. The second kappa shape index (κ2) is 10.3. The van der Waals surface area contributed by atoms with E-state index >= 15 is 0 Å². The van der Waals surface area contributed by atoms with E-state index in [2.05, 4.69) is 5.32 Å². The number of hydrogen-bond donors (Lipinski definition) is 2. The molecule has 0 aliphatic rings. The van der Waals surface area contributed by atoms with Crippen LogP contribution in [-0.2, 0) is 9.59 Å². The van der Waals surface area contributed by atoms with Gasteiger partial charge in [-0.05, 0) is 38.5 Å². The van der Waals surface area contributed by atoms with Crippen molar-refractivity contribution in [2.75, 3.05) is 26.2 Å². The minimum absolute atomic E-state index is 0.0818. The molecule has 1 rings (SSSR count). The number of carboxylic acids is 1. The minimum atomic E-state index is -1.08. The summed E-state index contributed by atoms with van der Waals surface area (Å²) < 4.78 is 5.04. The Kier molecular flexibility index (Phi) is 8.32. The number of carbonyl (C=O) groups is 3. The molecule has 0 fully saturated rings. The Morgan fingerprint density at radius 3 is 2.54 bits per heavy atom. The molecule has 0 aromatic heterocycles. The Hall–Kier alpha value is -2.57. The number of benzene rings is 1. The number of hydrogen-bond acceptors (Lipinski definition) is 4. The van der Waals surface area contributed by atoms with Gasteiger partial charge in [0.05, 0.1) is 0 Å². The highest BCUT2D eigenvalue weighted by molar-refractivity contribution is 5.94. The van der Waals surface area contributed by atoms with Crippen molar-refractivity contribution >= 4 is 17.8 Å². The summed E-state index contributed by atoms with van der Waals surface area (Å²) in [6.07, 6.45) is 0.958. The van der Waals surface area contributed by atoms with Crippen LogP contribution in [0.2, 0.25) is 0 Å². The largest absolute Gasteiger partial charge is 0.482 e. The number of carboxylic acid groups (broad SMARTS) is 1. The average molecular weight is 336 g/mol. The van der Waals surface area contributed by atoms with Gasteiger partial charge in [0.1, 0.15) is 5.75 Å². The molecule has 0 radical (unpaired) electrons. The molecule has 0 atom stereocenters. The van der Waals surface area contributed by atoms with E-state index in [0.29, 0.717) is 43.8 Å². The minimum Gasteiger partial charge on any atom is -0.482 e. The van der Waals surface area contributed by atoms with Gasteiger partial charge in [-0.25, -0.2) is 4.79 Å². The Balaban J connectivity index is 2.41. The van der Waals surface area contributed by atoms with Crippen molar-refractivity contribution in [1.82, 2.24) is 10.2 Å². The van der Waals surface area contributed by atoms with Crippen LogP contribution in [0.25, 0.3) is 0 Å². The topological polar surface area (TPSA) is 95.9 Å². The molecule has 2 amide bonds. The van der Waals surface area contributed by atoms with E-state index < -0.39 is 12.6 Å². The Morgan fingerprint density at radius 2 is 1.92 bits per heavy atom. The number of aliphatic carboxylic acids is 1. The van der Waals surface area contributed by atoms with Crippen molar-refractivity contribution in [3.8, 4) is 5.75 Å². The van der Waals surface area contributed by atoms with Gasteiger partial charge >= 0.3 is 5.97 Å². The van der Waals surface area contributed by atoms with Crippen molar-refractivity contribution in [3.05, 3.63) is 29.8 Å². The molecule has 0 saturated heterocycles. The molecule has 0 aliphatic carbocycles. The Labute approximate surface area is 141 Å². The van der Waals surface area contributed by atoms with E-state index in [1.54, 1.807) is 23.1 Å².